The molecular formula is C24H22FN3O3S. The van der Waals surface area contributed by atoms with Gasteiger partial charge in [-0.1, -0.05) is 48.2 Å². The molecule has 1 unspecified atom stereocenters. The molecule has 2 aromatic rings. The Morgan fingerprint density at radius 1 is 1.22 bits per heavy atom. The minimum Gasteiger partial charge on any atom is -0.483 e. The summed E-state index contributed by atoms with van der Waals surface area (Å²) in [5.41, 5.74) is 1.28. The molecule has 0 spiro atoms. The van der Waals surface area contributed by atoms with E-state index in [0.29, 0.717) is 34.2 Å². The molecule has 1 aliphatic carbocycles. The lowest BCUT2D eigenvalue weighted by Gasteiger charge is -2.14. The maximum Gasteiger partial charge on any atom is 0.260 e. The van der Waals surface area contributed by atoms with Crippen LogP contribution in [-0.4, -0.2) is 23.9 Å². The molecule has 8 heteroatoms. The largest absolute Gasteiger partial charge is 0.483 e. The lowest BCUT2D eigenvalue weighted by atomic mass is 10.1. The Kier molecular flexibility index (Phi) is 6.91. The van der Waals surface area contributed by atoms with Crippen molar-refractivity contribution in [1.82, 2.24) is 10.6 Å². The van der Waals surface area contributed by atoms with E-state index in [1.165, 1.54) is 11.8 Å². The van der Waals surface area contributed by atoms with Crippen LogP contribution in [0.25, 0.3) is 12.2 Å². The number of carbonyl (C=O) groups excluding carboxylic acids is 2. The summed E-state index contributed by atoms with van der Waals surface area (Å²) in [5, 5.41) is 12.0. The van der Waals surface area contributed by atoms with Crippen molar-refractivity contribution in [1.29, 1.82) is 0 Å². The Labute approximate surface area is 188 Å². The van der Waals surface area contributed by atoms with Crippen LogP contribution in [0.2, 0.25) is 0 Å². The summed E-state index contributed by atoms with van der Waals surface area (Å²) in [6.45, 7) is -0.744. The number of nitrogens with one attached hydrogen (secondary N) is 3. The van der Waals surface area contributed by atoms with Crippen LogP contribution in [0.1, 0.15) is 22.3 Å². The van der Waals surface area contributed by atoms with Gasteiger partial charge in [-0.25, -0.2) is 4.39 Å². The number of anilines is 1. The van der Waals surface area contributed by atoms with Crippen LogP contribution in [0.3, 0.4) is 0 Å². The Balaban J connectivity index is 1.54. The molecule has 1 atom stereocenters. The molecule has 6 nitrogen and oxygen atoms in total. The zero-order valence-corrected chi connectivity index (χ0v) is 18.0. The number of halogens is 1. The fourth-order valence-electron chi connectivity index (χ4n) is 3.38. The summed E-state index contributed by atoms with van der Waals surface area (Å²) in [6.07, 6.45) is 10.1. The van der Waals surface area contributed by atoms with Gasteiger partial charge in [-0.15, -0.1) is 0 Å². The Hall–Kier alpha value is -3.52. The predicted octanol–water partition coefficient (Wildman–Crippen LogP) is 2.52. The Morgan fingerprint density at radius 3 is 2.94 bits per heavy atom. The third-order valence-corrected chi connectivity index (χ3v) is 5.69. The number of benzene rings is 2. The summed E-state index contributed by atoms with van der Waals surface area (Å²) in [4.78, 5) is 25.2. The van der Waals surface area contributed by atoms with Crippen molar-refractivity contribution in [2.75, 3.05) is 11.9 Å². The van der Waals surface area contributed by atoms with E-state index in [1.54, 1.807) is 42.6 Å². The van der Waals surface area contributed by atoms with E-state index in [-0.39, 0.29) is 23.9 Å². The summed E-state index contributed by atoms with van der Waals surface area (Å²) in [5.74, 6) is -0.0349. The molecule has 0 aromatic heterocycles. The summed E-state index contributed by atoms with van der Waals surface area (Å²) < 4.78 is 18.7. The SMILES string of the molecule is O=C(COc1ccc(C(=O)Nc2cccc(CF)c2)c2c1=CCC=CC=2)NC1NC=CS1. The molecule has 0 radical (unpaired) electrons. The molecule has 0 saturated carbocycles. The zero-order valence-electron chi connectivity index (χ0n) is 17.1. The highest BCUT2D eigenvalue weighted by atomic mass is 32.2. The summed E-state index contributed by atoms with van der Waals surface area (Å²) >= 11 is 1.46. The maximum absolute atomic E-state index is 13.0. The molecule has 2 amide bonds. The molecule has 2 aromatic carbocycles. The standard InChI is InChI=1S/C24H22FN3O3S/c25-14-16-5-4-6-17(13-16)27-23(30)20-9-10-21(19-8-3-1-2-7-18(19)20)31-15-22(29)28-24-26-11-12-32-24/h1-2,4-13,24,26H,3,14-15H2,(H,27,30)(H,28,29). The molecular weight excluding hydrogens is 429 g/mol. The summed E-state index contributed by atoms with van der Waals surface area (Å²) in [6, 6.07) is 10.0. The van der Waals surface area contributed by atoms with Gasteiger partial charge < -0.3 is 20.7 Å². The Morgan fingerprint density at radius 2 is 2.12 bits per heavy atom. The molecule has 3 N–H and O–H groups in total. The Bertz CT molecular complexity index is 1200. The van der Waals surface area contributed by atoms with Crippen molar-refractivity contribution in [3.63, 3.8) is 0 Å². The highest BCUT2D eigenvalue weighted by Crippen LogP contribution is 2.14. The molecule has 1 heterocycles. The first-order valence-corrected chi connectivity index (χ1v) is 11.0. The van der Waals surface area contributed by atoms with Gasteiger partial charge in [-0.05, 0) is 46.9 Å². The monoisotopic (exact) mass is 451 g/mol. The van der Waals surface area contributed by atoms with Crippen LogP contribution in [0.5, 0.6) is 5.75 Å². The highest BCUT2D eigenvalue weighted by molar-refractivity contribution is 8.02. The maximum atomic E-state index is 13.0. The van der Waals surface area contributed by atoms with Crippen LogP contribution in [0.15, 0.2) is 60.2 Å². The van der Waals surface area contributed by atoms with Crippen molar-refractivity contribution < 1.29 is 18.7 Å². The number of thioether (sulfide) groups is 1. The minimum absolute atomic E-state index is 0.145. The molecule has 4 rings (SSSR count). The van der Waals surface area contributed by atoms with E-state index in [9.17, 15) is 14.0 Å². The van der Waals surface area contributed by atoms with Gasteiger partial charge in [0.25, 0.3) is 11.8 Å². The molecule has 0 saturated heterocycles. The van der Waals surface area contributed by atoms with E-state index in [2.05, 4.69) is 16.0 Å². The van der Waals surface area contributed by atoms with Gasteiger partial charge in [0.1, 0.15) is 12.4 Å². The van der Waals surface area contributed by atoms with E-state index in [1.807, 2.05) is 29.7 Å². The molecule has 0 bridgehead atoms. The lowest BCUT2D eigenvalue weighted by Crippen LogP contribution is -2.41. The van der Waals surface area contributed by atoms with Gasteiger partial charge in [0, 0.05) is 22.7 Å². The van der Waals surface area contributed by atoms with Crippen LogP contribution in [-0.2, 0) is 11.5 Å². The number of ether oxygens (including phenoxy) is 1. The quantitative estimate of drug-likeness (QED) is 0.603. The van der Waals surface area contributed by atoms with Gasteiger partial charge in [-0.3, -0.25) is 9.59 Å². The summed E-state index contributed by atoms with van der Waals surface area (Å²) in [7, 11) is 0. The van der Waals surface area contributed by atoms with Crippen molar-refractivity contribution in [3.8, 4) is 5.75 Å². The van der Waals surface area contributed by atoms with Crippen molar-refractivity contribution in [3.05, 3.63) is 81.7 Å². The van der Waals surface area contributed by atoms with Crippen LogP contribution in [0, 0.1) is 0 Å². The first-order chi connectivity index (χ1) is 15.6. The molecule has 164 valence electrons. The number of rotatable bonds is 7. The predicted molar refractivity (Wildman–Crippen MR) is 125 cm³/mol. The van der Waals surface area contributed by atoms with Crippen LogP contribution < -0.4 is 31.1 Å². The van der Waals surface area contributed by atoms with E-state index >= 15 is 0 Å². The van der Waals surface area contributed by atoms with Gasteiger partial charge in [0.15, 0.2) is 12.1 Å². The number of carbonyl (C=O) groups is 2. The fourth-order valence-corrected chi connectivity index (χ4v) is 4.05. The van der Waals surface area contributed by atoms with E-state index in [0.717, 1.165) is 5.22 Å². The number of alkyl halides is 1. The van der Waals surface area contributed by atoms with E-state index < -0.39 is 6.67 Å². The number of amides is 2. The first kappa shape index (κ1) is 21.7. The van der Waals surface area contributed by atoms with Gasteiger partial charge in [-0.2, -0.15) is 0 Å². The van der Waals surface area contributed by atoms with Crippen molar-refractivity contribution >= 4 is 41.4 Å². The number of hydrogen-bond donors (Lipinski definition) is 3. The van der Waals surface area contributed by atoms with Gasteiger partial charge in [0.2, 0.25) is 0 Å². The van der Waals surface area contributed by atoms with Crippen molar-refractivity contribution in [2.24, 2.45) is 0 Å². The molecule has 32 heavy (non-hydrogen) atoms. The molecule has 1 aliphatic heterocycles. The third-order valence-electron chi connectivity index (χ3n) is 4.87. The average molecular weight is 452 g/mol. The van der Waals surface area contributed by atoms with Gasteiger partial charge in [0.05, 0.1) is 0 Å². The van der Waals surface area contributed by atoms with Gasteiger partial charge >= 0.3 is 0 Å². The second kappa shape index (κ2) is 10.2. The van der Waals surface area contributed by atoms with Crippen LogP contribution in [0.4, 0.5) is 10.1 Å². The van der Waals surface area contributed by atoms with Crippen molar-refractivity contribution in [2.45, 2.75) is 18.6 Å². The first-order valence-electron chi connectivity index (χ1n) is 10.1. The fraction of sp³-hybridized carbons (Fsp3) is 0.167. The number of hydrogen-bond acceptors (Lipinski definition) is 5. The molecule has 0 fully saturated rings. The second-order valence-electron chi connectivity index (χ2n) is 7.10. The number of allylic oxidation sites excluding steroid dienone is 2. The smallest absolute Gasteiger partial charge is 0.260 e. The topological polar surface area (TPSA) is 79.5 Å². The van der Waals surface area contributed by atoms with E-state index in [4.69, 9.17) is 4.74 Å². The highest BCUT2D eigenvalue weighted by Gasteiger charge is 2.15. The third kappa shape index (κ3) is 5.20. The average Bonchev–Trinajstić information content (AvgIpc) is 3.18. The molecule has 2 aliphatic rings. The normalized spacial score (nSPS) is 16.1. The number of fused-ring (bicyclic) bond motifs is 1. The zero-order chi connectivity index (χ0) is 22.3. The second-order valence-corrected chi connectivity index (χ2v) is 8.12. The lowest BCUT2D eigenvalue weighted by molar-refractivity contribution is -0.123. The van der Waals surface area contributed by atoms with Crippen LogP contribution >= 0.6 is 11.8 Å². The minimum atomic E-state index is -0.599.